The van der Waals surface area contributed by atoms with Gasteiger partial charge in [-0.2, -0.15) is 4.98 Å². The van der Waals surface area contributed by atoms with Crippen molar-refractivity contribution in [3.8, 4) is 17.4 Å². The molecule has 2 saturated heterocycles. The summed E-state index contributed by atoms with van der Waals surface area (Å²) in [5.74, 6) is 2.70. The highest BCUT2D eigenvalue weighted by atomic mass is 16.6. The van der Waals surface area contributed by atoms with Crippen LogP contribution < -0.4 is 19.7 Å². The summed E-state index contributed by atoms with van der Waals surface area (Å²) in [7, 11) is 0. The van der Waals surface area contributed by atoms with Gasteiger partial charge >= 0.3 is 0 Å². The first kappa shape index (κ1) is 28.0. The number of aromatic nitrogens is 4. The van der Waals surface area contributed by atoms with Gasteiger partial charge in [0.15, 0.2) is 11.5 Å². The number of nitrogens with zero attached hydrogens (tertiary/aromatic N) is 6. The summed E-state index contributed by atoms with van der Waals surface area (Å²) >= 11 is 0. The molecule has 2 fully saturated rings. The van der Waals surface area contributed by atoms with Crippen LogP contribution in [0.1, 0.15) is 43.9 Å². The zero-order chi connectivity index (χ0) is 29.1. The highest BCUT2D eigenvalue weighted by Crippen LogP contribution is 2.31. The number of nitrogens with one attached hydrogen (secondary N) is 1. The second-order valence-electron chi connectivity index (χ2n) is 11.2. The number of amides is 2. The van der Waals surface area contributed by atoms with Gasteiger partial charge in [0.05, 0.1) is 24.3 Å². The lowest BCUT2D eigenvalue weighted by molar-refractivity contribution is -0.137. The highest BCUT2D eigenvalue weighted by molar-refractivity contribution is 5.80. The van der Waals surface area contributed by atoms with Crippen molar-refractivity contribution < 1.29 is 23.8 Å². The molecule has 0 radical (unpaired) electrons. The number of benzene rings is 1. The summed E-state index contributed by atoms with van der Waals surface area (Å²) in [5.41, 5.74) is 1.82. The number of imidazole rings is 1. The number of hydrogen-bond donors (Lipinski definition) is 1. The van der Waals surface area contributed by atoms with Crippen molar-refractivity contribution in [2.75, 3.05) is 51.0 Å². The summed E-state index contributed by atoms with van der Waals surface area (Å²) in [4.78, 5) is 44.5. The molecular weight excluding hydrogens is 538 g/mol. The van der Waals surface area contributed by atoms with Crippen LogP contribution in [0.2, 0.25) is 0 Å². The molecule has 12 nitrogen and oxygen atoms in total. The van der Waals surface area contributed by atoms with Gasteiger partial charge in [-0.3, -0.25) is 14.2 Å². The fraction of sp³-hybridized carbons (Fsp3) is 0.500. The molecule has 0 spiro atoms. The Morgan fingerprint density at radius 2 is 1.93 bits per heavy atom. The molecule has 2 amide bonds. The third kappa shape index (κ3) is 6.18. The Labute approximate surface area is 245 Å². The van der Waals surface area contributed by atoms with Gasteiger partial charge in [-0.05, 0) is 30.0 Å². The topological polar surface area (TPSA) is 124 Å². The standard InChI is InChI=1S/C30H37N7O5/c1-20(2)24-15-27(34-30(33-24)36-7-6-31-19-36)37-9-8-35(29(39)22-5-10-40-18-22)17-23(37)14-28(38)32-16-21-3-4-25-26(13-21)42-12-11-41-25/h3-4,6-7,13,15,19-20,22-23H,5,8-12,14,16-18H2,1-2H3,(H,32,38). The van der Waals surface area contributed by atoms with Crippen LogP contribution in [0.25, 0.3) is 5.95 Å². The van der Waals surface area contributed by atoms with Crippen molar-refractivity contribution in [3.05, 3.63) is 54.2 Å². The van der Waals surface area contributed by atoms with E-state index >= 15 is 0 Å². The Bertz CT molecular complexity index is 1410. The quantitative estimate of drug-likeness (QED) is 0.431. The molecule has 2 unspecified atom stereocenters. The smallest absolute Gasteiger partial charge is 0.237 e. The first-order chi connectivity index (χ1) is 20.4. The average molecular weight is 576 g/mol. The fourth-order valence-corrected chi connectivity index (χ4v) is 5.58. The second kappa shape index (κ2) is 12.4. The summed E-state index contributed by atoms with van der Waals surface area (Å²) in [6.45, 7) is 8.17. The lowest BCUT2D eigenvalue weighted by atomic mass is 10.0. The number of rotatable bonds is 8. The monoisotopic (exact) mass is 575 g/mol. The van der Waals surface area contributed by atoms with Gasteiger partial charge in [-0.15, -0.1) is 0 Å². The molecular formula is C30H37N7O5. The number of fused-ring (bicyclic) bond motifs is 1. The molecule has 6 rings (SSSR count). The SMILES string of the molecule is CC(C)c1cc(N2CCN(C(=O)C3CCOC3)CC2CC(=O)NCc2ccc3c(c2)OCCO3)nc(-n2ccnc2)n1. The number of ether oxygens (including phenoxy) is 3. The van der Waals surface area contributed by atoms with E-state index in [0.29, 0.717) is 70.1 Å². The van der Waals surface area contributed by atoms with E-state index in [1.165, 1.54) is 0 Å². The summed E-state index contributed by atoms with van der Waals surface area (Å²) < 4.78 is 18.6. The van der Waals surface area contributed by atoms with Crippen LogP contribution in [-0.2, 0) is 20.9 Å². The van der Waals surface area contributed by atoms with Gasteiger partial charge in [-0.25, -0.2) is 9.97 Å². The van der Waals surface area contributed by atoms with Gasteiger partial charge in [0.1, 0.15) is 25.4 Å². The van der Waals surface area contributed by atoms with E-state index in [1.54, 1.807) is 17.1 Å². The minimum Gasteiger partial charge on any atom is -0.486 e. The van der Waals surface area contributed by atoms with Gasteiger partial charge in [0, 0.05) is 57.7 Å². The van der Waals surface area contributed by atoms with Crippen molar-refractivity contribution in [1.29, 1.82) is 0 Å². The van der Waals surface area contributed by atoms with E-state index < -0.39 is 0 Å². The zero-order valence-corrected chi connectivity index (χ0v) is 24.1. The van der Waals surface area contributed by atoms with E-state index in [9.17, 15) is 9.59 Å². The summed E-state index contributed by atoms with van der Waals surface area (Å²) in [6.07, 6.45) is 6.12. The Morgan fingerprint density at radius 3 is 2.69 bits per heavy atom. The van der Waals surface area contributed by atoms with E-state index in [1.807, 2.05) is 35.4 Å². The van der Waals surface area contributed by atoms with Crippen LogP contribution in [0, 0.1) is 5.92 Å². The number of anilines is 1. The van der Waals surface area contributed by atoms with Crippen molar-refractivity contribution >= 4 is 17.6 Å². The highest BCUT2D eigenvalue weighted by Gasteiger charge is 2.36. The number of carbonyl (C=O) groups is 2. The predicted molar refractivity (Wildman–Crippen MR) is 154 cm³/mol. The van der Waals surface area contributed by atoms with Crippen molar-refractivity contribution in [2.45, 2.75) is 45.2 Å². The first-order valence-corrected chi connectivity index (χ1v) is 14.6. The Kier molecular flexibility index (Phi) is 8.22. The third-order valence-electron chi connectivity index (χ3n) is 7.93. The van der Waals surface area contributed by atoms with Gasteiger partial charge in [0.2, 0.25) is 17.8 Å². The molecule has 42 heavy (non-hydrogen) atoms. The summed E-state index contributed by atoms with van der Waals surface area (Å²) in [6, 6.07) is 7.42. The molecule has 1 N–H and O–H groups in total. The maximum atomic E-state index is 13.3. The van der Waals surface area contributed by atoms with Gasteiger partial charge in [0.25, 0.3) is 0 Å². The average Bonchev–Trinajstić information content (AvgIpc) is 3.75. The molecule has 3 aromatic rings. The van der Waals surface area contributed by atoms with Crippen molar-refractivity contribution in [2.24, 2.45) is 5.92 Å². The van der Waals surface area contributed by atoms with Crippen molar-refractivity contribution in [1.82, 2.24) is 29.7 Å². The van der Waals surface area contributed by atoms with Crippen LogP contribution >= 0.6 is 0 Å². The largest absolute Gasteiger partial charge is 0.486 e. The van der Waals surface area contributed by atoms with Crippen LogP contribution in [0.5, 0.6) is 11.5 Å². The van der Waals surface area contributed by atoms with Crippen LogP contribution in [0.3, 0.4) is 0 Å². The Balaban J connectivity index is 1.22. The van der Waals surface area contributed by atoms with Gasteiger partial charge < -0.3 is 29.3 Å². The van der Waals surface area contributed by atoms with Crippen LogP contribution in [0.4, 0.5) is 5.82 Å². The molecule has 2 atom stereocenters. The molecule has 1 aromatic carbocycles. The number of piperazine rings is 1. The Hall–Kier alpha value is -4.19. The lowest BCUT2D eigenvalue weighted by Crippen LogP contribution is -2.57. The third-order valence-corrected chi connectivity index (χ3v) is 7.93. The maximum absolute atomic E-state index is 13.3. The molecule has 0 bridgehead atoms. The minimum atomic E-state index is -0.268. The van der Waals surface area contributed by atoms with E-state index in [4.69, 9.17) is 24.2 Å². The molecule has 3 aliphatic rings. The Morgan fingerprint density at radius 1 is 1.07 bits per heavy atom. The summed E-state index contributed by atoms with van der Waals surface area (Å²) in [5, 5.41) is 3.06. The molecule has 222 valence electrons. The van der Waals surface area contributed by atoms with Crippen LogP contribution in [-0.4, -0.2) is 88.3 Å². The molecule has 0 saturated carbocycles. The van der Waals surface area contributed by atoms with Crippen LogP contribution in [0.15, 0.2) is 43.0 Å². The predicted octanol–water partition coefficient (Wildman–Crippen LogP) is 2.32. The van der Waals surface area contributed by atoms with E-state index in [-0.39, 0.29) is 36.1 Å². The number of hydrogen-bond acceptors (Lipinski definition) is 9. The second-order valence-corrected chi connectivity index (χ2v) is 11.2. The molecule has 2 aromatic heterocycles. The van der Waals surface area contributed by atoms with Crippen molar-refractivity contribution in [3.63, 3.8) is 0 Å². The molecule has 5 heterocycles. The zero-order valence-electron chi connectivity index (χ0n) is 24.1. The molecule has 0 aliphatic carbocycles. The fourth-order valence-electron chi connectivity index (χ4n) is 5.58. The molecule has 3 aliphatic heterocycles. The van der Waals surface area contributed by atoms with E-state index in [2.05, 4.69) is 29.0 Å². The lowest BCUT2D eigenvalue weighted by Gasteiger charge is -2.42. The van der Waals surface area contributed by atoms with E-state index in [0.717, 1.165) is 23.5 Å². The minimum absolute atomic E-state index is 0.0958. The maximum Gasteiger partial charge on any atom is 0.237 e. The van der Waals surface area contributed by atoms with Gasteiger partial charge in [-0.1, -0.05) is 19.9 Å². The first-order valence-electron chi connectivity index (χ1n) is 14.6. The molecule has 12 heteroatoms. The number of carbonyl (C=O) groups excluding carboxylic acids is 2. The normalized spacial score (nSPS) is 20.2.